The highest BCUT2D eigenvalue weighted by Crippen LogP contribution is 2.20. The third-order valence-electron chi connectivity index (χ3n) is 3.73. The first-order valence-electron chi connectivity index (χ1n) is 8.18. The van der Waals surface area contributed by atoms with E-state index in [1.807, 2.05) is 6.07 Å². The van der Waals surface area contributed by atoms with Gasteiger partial charge in [-0.25, -0.2) is 0 Å². The van der Waals surface area contributed by atoms with Gasteiger partial charge < -0.3 is 10.1 Å². The van der Waals surface area contributed by atoms with Crippen LogP contribution in [0.2, 0.25) is 0 Å². The fraction of sp³-hybridized carbons (Fsp3) is 0.684. The maximum Gasteiger partial charge on any atom is 0.119 e. The molecule has 2 heteroatoms. The van der Waals surface area contributed by atoms with Crippen molar-refractivity contribution in [1.82, 2.24) is 5.32 Å². The van der Waals surface area contributed by atoms with Crippen molar-refractivity contribution in [3.05, 3.63) is 29.8 Å². The first-order chi connectivity index (χ1) is 9.80. The van der Waals surface area contributed by atoms with E-state index in [9.17, 15) is 0 Å². The van der Waals surface area contributed by atoms with E-state index in [2.05, 4.69) is 58.1 Å². The molecule has 0 saturated carbocycles. The van der Waals surface area contributed by atoms with Crippen LogP contribution in [0.1, 0.15) is 53.0 Å². The van der Waals surface area contributed by atoms with Crippen molar-refractivity contribution in [3.8, 4) is 5.75 Å². The second kappa shape index (κ2) is 8.43. The van der Waals surface area contributed by atoms with Crippen molar-refractivity contribution in [2.75, 3.05) is 13.7 Å². The maximum atomic E-state index is 5.33. The minimum Gasteiger partial charge on any atom is -0.497 e. The normalized spacial score (nSPS) is 13.5. The SMILES string of the molecule is COc1cccc(CC(CCC(C)C)CNC(C)(C)C)c1. The lowest BCUT2D eigenvalue weighted by atomic mass is 9.91. The predicted octanol–water partition coefficient (Wildman–Crippen LogP) is 4.68. The quantitative estimate of drug-likeness (QED) is 0.751. The van der Waals surface area contributed by atoms with Gasteiger partial charge in [-0.2, -0.15) is 0 Å². The average molecular weight is 291 g/mol. The second-order valence-electron chi connectivity index (χ2n) is 7.52. The van der Waals surface area contributed by atoms with Crippen molar-refractivity contribution in [2.45, 2.75) is 59.4 Å². The molecule has 0 aliphatic carbocycles. The number of benzene rings is 1. The molecule has 0 aromatic heterocycles. The molecular formula is C19H33NO. The number of methoxy groups -OCH3 is 1. The molecule has 0 radical (unpaired) electrons. The summed E-state index contributed by atoms with van der Waals surface area (Å²) in [6, 6.07) is 8.48. The molecule has 1 unspecified atom stereocenters. The first kappa shape index (κ1) is 18.0. The molecule has 0 amide bonds. The monoisotopic (exact) mass is 291 g/mol. The van der Waals surface area contributed by atoms with E-state index in [1.165, 1.54) is 18.4 Å². The van der Waals surface area contributed by atoms with Crippen LogP contribution in [-0.2, 0) is 6.42 Å². The van der Waals surface area contributed by atoms with Crippen molar-refractivity contribution < 1.29 is 4.74 Å². The minimum absolute atomic E-state index is 0.185. The molecular weight excluding hydrogens is 258 g/mol. The van der Waals surface area contributed by atoms with Gasteiger partial charge in [-0.05, 0) is 69.7 Å². The van der Waals surface area contributed by atoms with Crippen LogP contribution < -0.4 is 10.1 Å². The third kappa shape index (κ3) is 8.11. The Kier molecular flexibility index (Phi) is 7.24. The molecule has 2 nitrogen and oxygen atoms in total. The lowest BCUT2D eigenvalue weighted by Crippen LogP contribution is -2.39. The fourth-order valence-electron chi connectivity index (χ4n) is 2.43. The highest BCUT2D eigenvalue weighted by molar-refractivity contribution is 5.28. The summed E-state index contributed by atoms with van der Waals surface area (Å²) < 4.78 is 5.33. The Balaban J connectivity index is 2.65. The van der Waals surface area contributed by atoms with E-state index in [0.29, 0.717) is 5.92 Å². The summed E-state index contributed by atoms with van der Waals surface area (Å²) in [6.07, 6.45) is 3.69. The topological polar surface area (TPSA) is 21.3 Å². The highest BCUT2D eigenvalue weighted by atomic mass is 16.5. The van der Waals surface area contributed by atoms with E-state index in [1.54, 1.807) is 7.11 Å². The lowest BCUT2D eigenvalue weighted by molar-refractivity contribution is 0.340. The van der Waals surface area contributed by atoms with Gasteiger partial charge in [0.05, 0.1) is 7.11 Å². The Morgan fingerprint density at radius 1 is 1.14 bits per heavy atom. The molecule has 21 heavy (non-hydrogen) atoms. The Morgan fingerprint density at radius 3 is 2.43 bits per heavy atom. The van der Waals surface area contributed by atoms with Gasteiger partial charge in [-0.15, -0.1) is 0 Å². The van der Waals surface area contributed by atoms with Crippen molar-refractivity contribution >= 4 is 0 Å². The van der Waals surface area contributed by atoms with E-state index in [4.69, 9.17) is 4.74 Å². The van der Waals surface area contributed by atoms with Crippen LogP contribution in [0.5, 0.6) is 5.75 Å². The zero-order chi connectivity index (χ0) is 15.9. The van der Waals surface area contributed by atoms with Crippen LogP contribution in [-0.4, -0.2) is 19.2 Å². The lowest BCUT2D eigenvalue weighted by Gasteiger charge is -2.26. The first-order valence-corrected chi connectivity index (χ1v) is 8.18. The van der Waals surface area contributed by atoms with Gasteiger partial charge in [-0.3, -0.25) is 0 Å². The molecule has 1 rings (SSSR count). The van der Waals surface area contributed by atoms with Gasteiger partial charge in [0.1, 0.15) is 5.75 Å². The summed E-state index contributed by atoms with van der Waals surface area (Å²) in [4.78, 5) is 0. The molecule has 120 valence electrons. The van der Waals surface area contributed by atoms with Crippen molar-refractivity contribution in [2.24, 2.45) is 11.8 Å². The fourth-order valence-corrected chi connectivity index (χ4v) is 2.43. The number of hydrogen-bond acceptors (Lipinski definition) is 2. The Morgan fingerprint density at radius 2 is 1.86 bits per heavy atom. The maximum absolute atomic E-state index is 5.33. The van der Waals surface area contributed by atoms with Gasteiger partial charge in [0, 0.05) is 5.54 Å². The summed E-state index contributed by atoms with van der Waals surface area (Å²) in [7, 11) is 1.73. The summed E-state index contributed by atoms with van der Waals surface area (Å²) in [6.45, 7) is 12.4. The molecule has 1 N–H and O–H groups in total. The smallest absolute Gasteiger partial charge is 0.119 e. The molecule has 1 aromatic rings. The molecule has 0 saturated heterocycles. The summed E-state index contributed by atoms with van der Waals surface area (Å²) in [5.74, 6) is 2.41. The van der Waals surface area contributed by atoms with Gasteiger partial charge in [0.25, 0.3) is 0 Å². The Labute approximate surface area is 131 Å². The molecule has 0 aliphatic rings. The van der Waals surface area contributed by atoms with Gasteiger partial charge in [-0.1, -0.05) is 32.4 Å². The van der Waals surface area contributed by atoms with Crippen LogP contribution in [0.15, 0.2) is 24.3 Å². The third-order valence-corrected chi connectivity index (χ3v) is 3.73. The molecule has 0 fully saturated rings. The van der Waals surface area contributed by atoms with Gasteiger partial charge in [0.2, 0.25) is 0 Å². The Hall–Kier alpha value is -1.02. The number of ether oxygens (including phenoxy) is 1. The molecule has 0 bridgehead atoms. The van der Waals surface area contributed by atoms with Crippen molar-refractivity contribution in [3.63, 3.8) is 0 Å². The largest absolute Gasteiger partial charge is 0.497 e. The number of nitrogens with one attached hydrogen (secondary N) is 1. The molecule has 0 aliphatic heterocycles. The average Bonchev–Trinajstić information content (AvgIpc) is 2.41. The van der Waals surface area contributed by atoms with E-state index >= 15 is 0 Å². The van der Waals surface area contributed by atoms with Gasteiger partial charge >= 0.3 is 0 Å². The van der Waals surface area contributed by atoms with Crippen LogP contribution in [0, 0.1) is 11.8 Å². The summed E-state index contributed by atoms with van der Waals surface area (Å²) in [5.41, 5.74) is 1.56. The Bertz CT molecular complexity index is 406. The van der Waals surface area contributed by atoms with Crippen LogP contribution >= 0.6 is 0 Å². The highest BCUT2D eigenvalue weighted by Gasteiger charge is 2.15. The predicted molar refractivity (Wildman–Crippen MR) is 92.0 cm³/mol. The minimum atomic E-state index is 0.185. The van der Waals surface area contributed by atoms with E-state index in [0.717, 1.165) is 24.6 Å². The molecule has 0 heterocycles. The van der Waals surface area contributed by atoms with Crippen molar-refractivity contribution in [1.29, 1.82) is 0 Å². The van der Waals surface area contributed by atoms with Crippen LogP contribution in [0.25, 0.3) is 0 Å². The van der Waals surface area contributed by atoms with Gasteiger partial charge in [0.15, 0.2) is 0 Å². The van der Waals surface area contributed by atoms with Crippen LogP contribution in [0.3, 0.4) is 0 Å². The standard InChI is InChI=1S/C19H33NO/c1-15(2)10-11-17(14-20-19(3,4)5)12-16-8-7-9-18(13-16)21-6/h7-9,13,15,17,20H,10-12,14H2,1-6H3. The summed E-state index contributed by atoms with van der Waals surface area (Å²) >= 11 is 0. The summed E-state index contributed by atoms with van der Waals surface area (Å²) in [5, 5.41) is 3.66. The number of rotatable bonds is 8. The molecule has 1 atom stereocenters. The zero-order valence-electron chi connectivity index (χ0n) is 14.7. The number of hydrogen-bond donors (Lipinski definition) is 1. The second-order valence-corrected chi connectivity index (χ2v) is 7.52. The van der Waals surface area contributed by atoms with E-state index < -0.39 is 0 Å². The zero-order valence-corrected chi connectivity index (χ0v) is 14.7. The molecule has 1 aromatic carbocycles. The van der Waals surface area contributed by atoms with Crippen LogP contribution in [0.4, 0.5) is 0 Å². The van der Waals surface area contributed by atoms with E-state index in [-0.39, 0.29) is 5.54 Å². The molecule has 0 spiro atoms.